The minimum absolute atomic E-state index is 0.102. The van der Waals surface area contributed by atoms with Gasteiger partial charge in [0.1, 0.15) is 5.75 Å². The lowest BCUT2D eigenvalue weighted by atomic mass is 9.86. The molecule has 0 heterocycles. The van der Waals surface area contributed by atoms with Gasteiger partial charge in [0.25, 0.3) is 0 Å². The molecule has 0 amide bonds. The zero-order chi connectivity index (χ0) is 15.0. The van der Waals surface area contributed by atoms with E-state index in [-0.39, 0.29) is 5.54 Å². The Morgan fingerprint density at radius 3 is 2.25 bits per heavy atom. The van der Waals surface area contributed by atoms with Crippen molar-refractivity contribution in [2.75, 3.05) is 20.7 Å². The van der Waals surface area contributed by atoms with Gasteiger partial charge < -0.3 is 10.5 Å². The molecule has 20 heavy (non-hydrogen) atoms. The molecule has 3 heteroatoms. The molecule has 0 saturated heterocycles. The van der Waals surface area contributed by atoms with Crippen LogP contribution in [0.1, 0.15) is 45.1 Å². The largest absolute Gasteiger partial charge is 0.496 e. The minimum atomic E-state index is 0.102. The van der Waals surface area contributed by atoms with Gasteiger partial charge in [-0.2, -0.15) is 0 Å². The highest BCUT2D eigenvalue weighted by Gasteiger charge is 2.31. The number of nitrogens with zero attached hydrogens (tertiary/aromatic N) is 1. The van der Waals surface area contributed by atoms with E-state index in [0.29, 0.717) is 6.54 Å². The predicted molar refractivity (Wildman–Crippen MR) is 86.1 cm³/mol. The number of rotatable bonds is 9. The zero-order valence-corrected chi connectivity index (χ0v) is 13.5. The topological polar surface area (TPSA) is 38.5 Å². The van der Waals surface area contributed by atoms with E-state index >= 15 is 0 Å². The summed E-state index contributed by atoms with van der Waals surface area (Å²) >= 11 is 0. The molecule has 0 aromatic heterocycles. The Bertz CT molecular complexity index is 386. The number of likely N-dealkylation sites (N-methyl/N-ethyl adjacent to an activating group) is 1. The van der Waals surface area contributed by atoms with Crippen LogP contribution in [-0.4, -0.2) is 31.1 Å². The Morgan fingerprint density at radius 2 is 1.75 bits per heavy atom. The summed E-state index contributed by atoms with van der Waals surface area (Å²) in [6.45, 7) is 6.05. The van der Waals surface area contributed by atoms with Crippen LogP contribution in [0.3, 0.4) is 0 Å². The van der Waals surface area contributed by atoms with Gasteiger partial charge in [0.05, 0.1) is 7.11 Å². The smallest absolute Gasteiger partial charge is 0.123 e. The van der Waals surface area contributed by atoms with E-state index in [1.807, 2.05) is 12.1 Å². The maximum atomic E-state index is 6.13. The van der Waals surface area contributed by atoms with Crippen molar-refractivity contribution in [1.82, 2.24) is 4.90 Å². The van der Waals surface area contributed by atoms with Crippen LogP contribution in [0.4, 0.5) is 0 Å². The first-order chi connectivity index (χ1) is 9.63. The van der Waals surface area contributed by atoms with Crippen molar-refractivity contribution >= 4 is 0 Å². The van der Waals surface area contributed by atoms with E-state index in [1.54, 1.807) is 7.11 Å². The number of hydrogen-bond donors (Lipinski definition) is 1. The van der Waals surface area contributed by atoms with Crippen LogP contribution in [0.2, 0.25) is 0 Å². The fourth-order valence-corrected chi connectivity index (χ4v) is 3.05. The van der Waals surface area contributed by atoms with E-state index in [9.17, 15) is 0 Å². The van der Waals surface area contributed by atoms with E-state index in [1.165, 1.54) is 5.56 Å². The van der Waals surface area contributed by atoms with Crippen LogP contribution in [0.5, 0.6) is 5.75 Å². The summed E-state index contributed by atoms with van der Waals surface area (Å²) in [6.07, 6.45) is 4.60. The molecule has 0 aliphatic carbocycles. The third-order valence-corrected chi connectivity index (χ3v) is 4.22. The van der Waals surface area contributed by atoms with Gasteiger partial charge in [0.15, 0.2) is 0 Å². The maximum Gasteiger partial charge on any atom is 0.123 e. The van der Waals surface area contributed by atoms with Crippen LogP contribution in [0.15, 0.2) is 24.3 Å². The molecule has 0 saturated carbocycles. The van der Waals surface area contributed by atoms with E-state index < -0.39 is 0 Å². The Morgan fingerprint density at radius 1 is 1.15 bits per heavy atom. The molecule has 0 fully saturated rings. The molecule has 0 spiro atoms. The summed E-state index contributed by atoms with van der Waals surface area (Å²) in [5.74, 6) is 0.957. The monoisotopic (exact) mass is 278 g/mol. The van der Waals surface area contributed by atoms with Gasteiger partial charge >= 0.3 is 0 Å². The summed E-state index contributed by atoms with van der Waals surface area (Å²) < 4.78 is 5.45. The molecule has 0 aliphatic heterocycles. The molecule has 0 bridgehead atoms. The second-order valence-electron chi connectivity index (χ2n) is 5.60. The number of para-hydroxylation sites is 1. The Kier molecular flexibility index (Phi) is 7.03. The SMILES string of the molecule is CCCC(CN)(CCC)N(C)Cc1ccccc1OC. The van der Waals surface area contributed by atoms with Crippen LogP contribution >= 0.6 is 0 Å². The van der Waals surface area contributed by atoms with Gasteiger partial charge in [0, 0.05) is 24.2 Å². The number of methoxy groups -OCH3 is 1. The number of nitrogens with two attached hydrogens (primary N) is 1. The molecule has 3 nitrogen and oxygen atoms in total. The highest BCUT2D eigenvalue weighted by atomic mass is 16.5. The van der Waals surface area contributed by atoms with E-state index in [2.05, 4.69) is 37.9 Å². The second kappa shape index (κ2) is 8.28. The highest BCUT2D eigenvalue weighted by Crippen LogP contribution is 2.29. The number of benzene rings is 1. The molecule has 0 radical (unpaired) electrons. The van der Waals surface area contributed by atoms with E-state index in [0.717, 1.165) is 38.0 Å². The molecule has 1 aromatic rings. The lowest BCUT2D eigenvalue weighted by Gasteiger charge is -2.41. The van der Waals surface area contributed by atoms with Crippen LogP contribution in [-0.2, 0) is 6.54 Å². The van der Waals surface area contributed by atoms with Gasteiger partial charge in [-0.3, -0.25) is 4.90 Å². The van der Waals surface area contributed by atoms with E-state index in [4.69, 9.17) is 10.5 Å². The summed E-state index contributed by atoms with van der Waals surface area (Å²) in [5.41, 5.74) is 7.46. The first-order valence-corrected chi connectivity index (χ1v) is 7.66. The van der Waals surface area contributed by atoms with Crippen molar-refractivity contribution in [1.29, 1.82) is 0 Å². The van der Waals surface area contributed by atoms with Crippen molar-refractivity contribution < 1.29 is 4.74 Å². The van der Waals surface area contributed by atoms with Crippen LogP contribution in [0, 0.1) is 0 Å². The van der Waals surface area contributed by atoms with Crippen molar-refractivity contribution in [2.24, 2.45) is 5.73 Å². The number of ether oxygens (including phenoxy) is 1. The zero-order valence-electron chi connectivity index (χ0n) is 13.5. The first kappa shape index (κ1) is 17.0. The van der Waals surface area contributed by atoms with Crippen molar-refractivity contribution in [3.8, 4) is 5.75 Å². The van der Waals surface area contributed by atoms with Gasteiger partial charge in [-0.15, -0.1) is 0 Å². The normalized spacial score (nSPS) is 11.9. The first-order valence-electron chi connectivity index (χ1n) is 7.66. The third kappa shape index (κ3) is 3.97. The Balaban J connectivity index is 2.92. The quantitative estimate of drug-likeness (QED) is 0.752. The molecular formula is C17H30N2O. The fourth-order valence-electron chi connectivity index (χ4n) is 3.05. The van der Waals surface area contributed by atoms with Crippen LogP contribution < -0.4 is 10.5 Å². The van der Waals surface area contributed by atoms with Gasteiger partial charge in [-0.05, 0) is 26.0 Å². The summed E-state index contributed by atoms with van der Waals surface area (Å²) in [5, 5.41) is 0. The Labute approximate surface area is 124 Å². The molecule has 114 valence electrons. The van der Waals surface area contributed by atoms with Crippen molar-refractivity contribution in [3.05, 3.63) is 29.8 Å². The van der Waals surface area contributed by atoms with Crippen molar-refractivity contribution in [2.45, 2.75) is 51.6 Å². The fraction of sp³-hybridized carbons (Fsp3) is 0.647. The third-order valence-electron chi connectivity index (χ3n) is 4.22. The molecular weight excluding hydrogens is 248 g/mol. The molecule has 1 rings (SSSR count). The molecule has 0 atom stereocenters. The van der Waals surface area contributed by atoms with Gasteiger partial charge in [-0.1, -0.05) is 44.9 Å². The lowest BCUT2D eigenvalue weighted by Crippen LogP contribution is -2.51. The van der Waals surface area contributed by atoms with Crippen molar-refractivity contribution in [3.63, 3.8) is 0 Å². The molecule has 0 unspecified atom stereocenters. The average molecular weight is 278 g/mol. The number of hydrogen-bond acceptors (Lipinski definition) is 3. The summed E-state index contributed by atoms with van der Waals surface area (Å²) in [4.78, 5) is 2.41. The summed E-state index contributed by atoms with van der Waals surface area (Å²) in [6, 6.07) is 8.23. The van der Waals surface area contributed by atoms with Gasteiger partial charge in [-0.25, -0.2) is 0 Å². The summed E-state index contributed by atoms with van der Waals surface area (Å²) in [7, 11) is 3.91. The Hall–Kier alpha value is -1.06. The van der Waals surface area contributed by atoms with Gasteiger partial charge in [0.2, 0.25) is 0 Å². The lowest BCUT2D eigenvalue weighted by molar-refractivity contribution is 0.0947. The predicted octanol–water partition coefficient (Wildman–Crippen LogP) is 3.42. The molecule has 0 aliphatic rings. The standard InChI is InChI=1S/C17H30N2O/c1-5-11-17(14-18,12-6-2)19(3)13-15-9-7-8-10-16(15)20-4/h7-10H,5-6,11-14,18H2,1-4H3. The molecule has 1 aromatic carbocycles. The van der Waals surface area contributed by atoms with Crippen LogP contribution in [0.25, 0.3) is 0 Å². The average Bonchev–Trinajstić information content (AvgIpc) is 2.47. The second-order valence-corrected chi connectivity index (χ2v) is 5.60. The maximum absolute atomic E-state index is 6.13. The highest BCUT2D eigenvalue weighted by molar-refractivity contribution is 5.33. The molecule has 2 N–H and O–H groups in total. The minimum Gasteiger partial charge on any atom is -0.496 e.